The lowest BCUT2D eigenvalue weighted by Gasteiger charge is -2.24. The SMILES string of the molecule is C=C/C=C(\N=C(\c1cccc(C=O)c1)C1CC1)N1CCCN(C)CC1. The second-order valence-corrected chi connectivity index (χ2v) is 6.92. The monoisotopic (exact) mass is 337 g/mol. The molecule has 1 aromatic rings. The lowest BCUT2D eigenvalue weighted by molar-refractivity contribution is 0.112. The second-order valence-electron chi connectivity index (χ2n) is 6.92. The number of carbonyl (C=O) groups excluding carboxylic acids is 1. The molecule has 1 aliphatic heterocycles. The van der Waals surface area contributed by atoms with Gasteiger partial charge in [0.15, 0.2) is 0 Å². The van der Waals surface area contributed by atoms with Crippen LogP contribution in [0.5, 0.6) is 0 Å². The molecule has 0 atom stereocenters. The summed E-state index contributed by atoms with van der Waals surface area (Å²) in [6.45, 7) is 8.03. The summed E-state index contributed by atoms with van der Waals surface area (Å²) in [5.74, 6) is 1.49. The first-order valence-electron chi connectivity index (χ1n) is 9.11. The summed E-state index contributed by atoms with van der Waals surface area (Å²) in [7, 11) is 2.17. The first kappa shape index (κ1) is 17.6. The highest BCUT2D eigenvalue weighted by molar-refractivity contribution is 6.05. The van der Waals surface area contributed by atoms with Crippen LogP contribution in [0.4, 0.5) is 0 Å². The Morgan fingerprint density at radius 1 is 1.24 bits per heavy atom. The molecule has 0 amide bonds. The summed E-state index contributed by atoms with van der Waals surface area (Å²) >= 11 is 0. The van der Waals surface area contributed by atoms with Gasteiger partial charge in [-0.05, 0) is 50.6 Å². The van der Waals surface area contributed by atoms with Crippen LogP contribution in [0.1, 0.15) is 35.2 Å². The fraction of sp³-hybridized carbons (Fsp3) is 0.429. The fourth-order valence-corrected chi connectivity index (χ4v) is 3.24. The lowest BCUT2D eigenvalue weighted by Crippen LogP contribution is -2.28. The Morgan fingerprint density at radius 3 is 2.80 bits per heavy atom. The Kier molecular flexibility index (Phi) is 5.82. The molecule has 0 bridgehead atoms. The number of rotatable bonds is 6. The van der Waals surface area contributed by atoms with Crippen LogP contribution in [0.15, 0.2) is 53.8 Å². The third-order valence-corrected chi connectivity index (χ3v) is 4.83. The molecule has 0 radical (unpaired) electrons. The van der Waals surface area contributed by atoms with E-state index in [1.807, 2.05) is 30.4 Å². The lowest BCUT2D eigenvalue weighted by atomic mass is 10.0. The van der Waals surface area contributed by atoms with Crippen LogP contribution in [0.25, 0.3) is 0 Å². The van der Waals surface area contributed by atoms with Crippen LogP contribution in [0, 0.1) is 5.92 Å². The first-order valence-corrected chi connectivity index (χ1v) is 9.11. The summed E-state index contributed by atoms with van der Waals surface area (Å²) in [5.41, 5.74) is 2.87. The van der Waals surface area contributed by atoms with Gasteiger partial charge in [-0.1, -0.05) is 30.9 Å². The van der Waals surface area contributed by atoms with Crippen molar-refractivity contribution in [3.63, 3.8) is 0 Å². The summed E-state index contributed by atoms with van der Waals surface area (Å²) in [6, 6.07) is 7.79. The normalized spacial score (nSPS) is 20.3. The maximum Gasteiger partial charge on any atom is 0.150 e. The average Bonchev–Trinajstić information content (AvgIpc) is 3.47. The van der Waals surface area contributed by atoms with E-state index in [2.05, 4.69) is 29.5 Å². The average molecular weight is 337 g/mol. The Morgan fingerprint density at radius 2 is 2.08 bits per heavy atom. The number of allylic oxidation sites excluding steroid dienone is 2. The van der Waals surface area contributed by atoms with Crippen molar-refractivity contribution in [1.82, 2.24) is 9.80 Å². The standard InChI is InChI=1S/C21H27N3O/c1-3-6-20(24-12-5-11-23(2)13-14-24)22-21(18-9-10-18)19-8-4-7-17(15-19)16-25/h3-4,6-8,15-16,18H,1,5,9-14H2,2H3/b20-6+,22-21+. The zero-order chi connectivity index (χ0) is 17.6. The number of hydrogen-bond donors (Lipinski definition) is 0. The highest BCUT2D eigenvalue weighted by Crippen LogP contribution is 2.34. The van der Waals surface area contributed by atoms with Crippen molar-refractivity contribution >= 4 is 12.0 Å². The van der Waals surface area contributed by atoms with Gasteiger partial charge in [0.05, 0.1) is 5.71 Å². The molecule has 1 heterocycles. The maximum atomic E-state index is 11.1. The summed E-state index contributed by atoms with van der Waals surface area (Å²) in [5, 5.41) is 0. The van der Waals surface area contributed by atoms with E-state index < -0.39 is 0 Å². The Balaban J connectivity index is 1.91. The van der Waals surface area contributed by atoms with Crippen LogP contribution in [0.2, 0.25) is 0 Å². The molecule has 2 aliphatic rings. The highest BCUT2D eigenvalue weighted by Gasteiger charge is 2.29. The van der Waals surface area contributed by atoms with Gasteiger partial charge in [0.2, 0.25) is 0 Å². The van der Waals surface area contributed by atoms with Crippen molar-refractivity contribution in [2.24, 2.45) is 10.9 Å². The number of benzene rings is 1. The van der Waals surface area contributed by atoms with Gasteiger partial charge in [0.1, 0.15) is 12.1 Å². The molecule has 25 heavy (non-hydrogen) atoms. The Labute approximate surface area is 150 Å². The van der Waals surface area contributed by atoms with Gasteiger partial charge in [0, 0.05) is 31.1 Å². The van der Waals surface area contributed by atoms with Gasteiger partial charge < -0.3 is 9.80 Å². The van der Waals surface area contributed by atoms with Crippen molar-refractivity contribution in [2.45, 2.75) is 19.3 Å². The van der Waals surface area contributed by atoms with Gasteiger partial charge in [-0.3, -0.25) is 4.79 Å². The smallest absolute Gasteiger partial charge is 0.150 e. The van der Waals surface area contributed by atoms with E-state index in [0.717, 1.165) is 56.0 Å². The second kappa shape index (κ2) is 8.26. The summed E-state index contributed by atoms with van der Waals surface area (Å²) in [4.78, 5) is 20.9. The van der Waals surface area contributed by atoms with Crippen molar-refractivity contribution in [2.75, 3.05) is 33.2 Å². The van der Waals surface area contributed by atoms with Crippen LogP contribution in [-0.4, -0.2) is 55.0 Å². The molecule has 3 rings (SSSR count). The molecule has 1 saturated heterocycles. The molecular weight excluding hydrogens is 310 g/mol. The molecule has 0 aromatic heterocycles. The van der Waals surface area contributed by atoms with Crippen molar-refractivity contribution in [1.29, 1.82) is 0 Å². The topological polar surface area (TPSA) is 35.9 Å². The van der Waals surface area contributed by atoms with Crippen LogP contribution < -0.4 is 0 Å². The number of aliphatic imine (C=N–C) groups is 1. The van der Waals surface area contributed by atoms with Crippen LogP contribution in [0.3, 0.4) is 0 Å². The van der Waals surface area contributed by atoms with Gasteiger partial charge in [-0.15, -0.1) is 0 Å². The minimum atomic E-state index is 0.504. The third-order valence-electron chi connectivity index (χ3n) is 4.83. The highest BCUT2D eigenvalue weighted by atomic mass is 16.1. The van der Waals surface area contributed by atoms with Crippen molar-refractivity contribution < 1.29 is 4.79 Å². The van der Waals surface area contributed by atoms with Gasteiger partial charge in [-0.2, -0.15) is 0 Å². The molecule has 4 nitrogen and oxygen atoms in total. The Hall–Kier alpha value is -2.20. The quantitative estimate of drug-likeness (QED) is 0.454. The maximum absolute atomic E-state index is 11.1. The van der Waals surface area contributed by atoms with Crippen LogP contribution >= 0.6 is 0 Å². The first-order chi connectivity index (χ1) is 12.2. The number of nitrogens with zero attached hydrogens (tertiary/aromatic N) is 3. The molecule has 1 aromatic carbocycles. The molecule has 0 unspecified atom stereocenters. The van der Waals surface area contributed by atoms with E-state index in [0.29, 0.717) is 11.5 Å². The number of carbonyl (C=O) groups is 1. The minimum Gasteiger partial charge on any atom is -0.355 e. The van der Waals surface area contributed by atoms with E-state index in [9.17, 15) is 4.79 Å². The predicted octanol–water partition coefficient (Wildman–Crippen LogP) is 3.36. The zero-order valence-corrected chi connectivity index (χ0v) is 15.0. The zero-order valence-electron chi connectivity index (χ0n) is 15.0. The molecule has 2 fully saturated rings. The largest absolute Gasteiger partial charge is 0.355 e. The van der Waals surface area contributed by atoms with E-state index in [1.165, 1.54) is 12.8 Å². The van der Waals surface area contributed by atoms with E-state index in [1.54, 1.807) is 0 Å². The van der Waals surface area contributed by atoms with Crippen molar-refractivity contribution in [3.05, 3.63) is 59.9 Å². The third kappa shape index (κ3) is 4.67. The van der Waals surface area contributed by atoms with Gasteiger partial charge in [0.25, 0.3) is 0 Å². The number of likely N-dealkylation sites (N-methyl/N-ethyl adjacent to an activating group) is 1. The van der Waals surface area contributed by atoms with Gasteiger partial charge >= 0.3 is 0 Å². The summed E-state index contributed by atoms with van der Waals surface area (Å²) < 4.78 is 0. The van der Waals surface area contributed by atoms with E-state index in [4.69, 9.17) is 4.99 Å². The van der Waals surface area contributed by atoms with Crippen molar-refractivity contribution in [3.8, 4) is 0 Å². The Bertz CT molecular complexity index is 688. The van der Waals surface area contributed by atoms with Crippen LogP contribution in [-0.2, 0) is 0 Å². The van der Waals surface area contributed by atoms with Gasteiger partial charge in [-0.25, -0.2) is 4.99 Å². The minimum absolute atomic E-state index is 0.504. The van der Waals surface area contributed by atoms with E-state index in [-0.39, 0.29) is 0 Å². The van der Waals surface area contributed by atoms with E-state index >= 15 is 0 Å². The molecule has 132 valence electrons. The predicted molar refractivity (Wildman–Crippen MR) is 103 cm³/mol. The molecule has 0 N–H and O–H groups in total. The number of hydrogen-bond acceptors (Lipinski definition) is 4. The fourth-order valence-electron chi connectivity index (χ4n) is 3.24. The molecule has 1 aliphatic carbocycles. The summed E-state index contributed by atoms with van der Waals surface area (Å²) in [6.07, 6.45) is 8.22. The molecule has 4 heteroatoms. The number of aldehydes is 1. The molecule has 1 saturated carbocycles. The molecule has 0 spiro atoms. The molecular formula is C21H27N3O.